The highest BCUT2D eigenvalue weighted by Gasteiger charge is 2.32. The average molecular weight is 220 g/mol. The number of carboxylic acids is 1. The van der Waals surface area contributed by atoms with Crippen LogP contribution in [-0.4, -0.2) is 17.7 Å². The highest BCUT2D eigenvalue weighted by Crippen LogP contribution is 2.34. The predicted octanol–water partition coefficient (Wildman–Crippen LogP) is 2.41. The molecule has 1 aliphatic rings. The topological polar surface area (TPSA) is 46.5 Å². The monoisotopic (exact) mass is 220 g/mol. The number of carbonyl (C=O) groups is 1. The van der Waals surface area contributed by atoms with Gasteiger partial charge in [-0.05, 0) is 24.0 Å². The SMILES string of the molecule is CCC(C(=O)O)C1OCCc2ccccc21. The van der Waals surface area contributed by atoms with Crippen LogP contribution in [0.15, 0.2) is 24.3 Å². The van der Waals surface area contributed by atoms with Gasteiger partial charge in [-0.3, -0.25) is 4.79 Å². The standard InChI is InChI=1S/C13H16O3/c1-2-10(13(14)15)12-11-6-4-3-5-9(11)7-8-16-12/h3-6,10,12H,2,7-8H2,1H3,(H,14,15). The van der Waals surface area contributed by atoms with Crippen LogP contribution in [0.5, 0.6) is 0 Å². The summed E-state index contributed by atoms with van der Waals surface area (Å²) in [4.78, 5) is 11.2. The Kier molecular flexibility index (Phi) is 3.25. The summed E-state index contributed by atoms with van der Waals surface area (Å²) in [7, 11) is 0. The molecule has 0 spiro atoms. The summed E-state index contributed by atoms with van der Waals surface area (Å²) in [5.74, 6) is -1.22. The number of ether oxygens (including phenoxy) is 1. The first-order valence-corrected chi connectivity index (χ1v) is 5.66. The molecular weight excluding hydrogens is 204 g/mol. The first-order valence-electron chi connectivity index (χ1n) is 5.66. The van der Waals surface area contributed by atoms with E-state index in [1.165, 1.54) is 5.56 Å². The minimum Gasteiger partial charge on any atom is -0.481 e. The van der Waals surface area contributed by atoms with Crippen molar-refractivity contribution in [1.82, 2.24) is 0 Å². The second kappa shape index (κ2) is 4.66. The fraction of sp³-hybridized carbons (Fsp3) is 0.462. The second-order valence-corrected chi connectivity index (χ2v) is 4.09. The predicted molar refractivity (Wildman–Crippen MR) is 60.3 cm³/mol. The maximum atomic E-state index is 11.2. The molecule has 0 aliphatic carbocycles. The van der Waals surface area contributed by atoms with Crippen molar-refractivity contribution in [3.63, 3.8) is 0 Å². The van der Waals surface area contributed by atoms with Crippen LogP contribution in [0.3, 0.4) is 0 Å². The molecular formula is C13H16O3. The first-order chi connectivity index (χ1) is 7.74. The summed E-state index contributed by atoms with van der Waals surface area (Å²) in [5, 5.41) is 9.17. The number of hydrogen-bond acceptors (Lipinski definition) is 2. The van der Waals surface area contributed by atoms with Gasteiger partial charge in [-0.25, -0.2) is 0 Å². The lowest BCUT2D eigenvalue weighted by atomic mass is 9.88. The normalized spacial score (nSPS) is 21.2. The van der Waals surface area contributed by atoms with Gasteiger partial charge in [0.05, 0.1) is 18.6 Å². The van der Waals surface area contributed by atoms with Crippen LogP contribution < -0.4 is 0 Å². The Labute approximate surface area is 95.0 Å². The van der Waals surface area contributed by atoms with Gasteiger partial charge >= 0.3 is 5.97 Å². The zero-order valence-corrected chi connectivity index (χ0v) is 9.35. The second-order valence-electron chi connectivity index (χ2n) is 4.09. The molecule has 1 aromatic carbocycles. The molecule has 1 heterocycles. The average Bonchev–Trinajstić information content (AvgIpc) is 2.30. The Morgan fingerprint density at radius 2 is 2.31 bits per heavy atom. The summed E-state index contributed by atoms with van der Waals surface area (Å²) < 4.78 is 5.64. The van der Waals surface area contributed by atoms with Gasteiger partial charge in [0.2, 0.25) is 0 Å². The van der Waals surface area contributed by atoms with E-state index in [4.69, 9.17) is 4.74 Å². The number of fused-ring (bicyclic) bond motifs is 1. The van der Waals surface area contributed by atoms with Crippen LogP contribution in [0.1, 0.15) is 30.6 Å². The van der Waals surface area contributed by atoms with Crippen LogP contribution >= 0.6 is 0 Å². The van der Waals surface area contributed by atoms with E-state index in [0.29, 0.717) is 13.0 Å². The Hall–Kier alpha value is -1.35. The van der Waals surface area contributed by atoms with Crippen LogP contribution in [0, 0.1) is 5.92 Å². The van der Waals surface area contributed by atoms with Crippen LogP contribution in [0.25, 0.3) is 0 Å². The number of aliphatic carboxylic acids is 1. The molecule has 86 valence electrons. The van der Waals surface area contributed by atoms with Crippen molar-refractivity contribution in [2.75, 3.05) is 6.61 Å². The van der Waals surface area contributed by atoms with Crippen molar-refractivity contribution in [2.45, 2.75) is 25.9 Å². The molecule has 0 fully saturated rings. The lowest BCUT2D eigenvalue weighted by molar-refractivity contribution is -0.148. The van der Waals surface area contributed by atoms with Crippen molar-refractivity contribution in [3.8, 4) is 0 Å². The molecule has 3 heteroatoms. The van der Waals surface area contributed by atoms with Crippen molar-refractivity contribution >= 4 is 5.97 Å². The lowest BCUT2D eigenvalue weighted by Crippen LogP contribution is -2.28. The van der Waals surface area contributed by atoms with Gasteiger partial charge in [-0.1, -0.05) is 31.2 Å². The molecule has 0 saturated carbocycles. The smallest absolute Gasteiger partial charge is 0.309 e. The summed E-state index contributed by atoms with van der Waals surface area (Å²) in [5.41, 5.74) is 2.27. The van der Waals surface area contributed by atoms with E-state index >= 15 is 0 Å². The Bertz CT molecular complexity index is 387. The molecule has 0 bridgehead atoms. The quantitative estimate of drug-likeness (QED) is 0.850. The number of carboxylic acid groups (broad SMARTS) is 1. The van der Waals surface area contributed by atoms with Crippen molar-refractivity contribution < 1.29 is 14.6 Å². The molecule has 2 atom stereocenters. The number of benzene rings is 1. The molecule has 1 aromatic rings. The molecule has 16 heavy (non-hydrogen) atoms. The van der Waals surface area contributed by atoms with E-state index in [9.17, 15) is 9.90 Å². The van der Waals surface area contributed by atoms with E-state index in [2.05, 4.69) is 6.07 Å². The maximum absolute atomic E-state index is 11.2. The van der Waals surface area contributed by atoms with Crippen LogP contribution in [-0.2, 0) is 16.0 Å². The maximum Gasteiger partial charge on any atom is 0.309 e. The summed E-state index contributed by atoms with van der Waals surface area (Å²) >= 11 is 0. The zero-order valence-electron chi connectivity index (χ0n) is 9.35. The third-order valence-electron chi connectivity index (χ3n) is 3.15. The van der Waals surface area contributed by atoms with E-state index in [-0.39, 0.29) is 6.10 Å². The third-order valence-corrected chi connectivity index (χ3v) is 3.15. The van der Waals surface area contributed by atoms with Gasteiger partial charge < -0.3 is 9.84 Å². The van der Waals surface area contributed by atoms with Gasteiger partial charge in [0.15, 0.2) is 0 Å². The molecule has 1 aliphatic heterocycles. The lowest BCUT2D eigenvalue weighted by Gasteiger charge is -2.29. The molecule has 2 unspecified atom stereocenters. The molecule has 0 amide bonds. The summed E-state index contributed by atoms with van der Waals surface area (Å²) in [6.07, 6.45) is 1.18. The summed E-state index contributed by atoms with van der Waals surface area (Å²) in [6, 6.07) is 7.96. The first kappa shape index (κ1) is 11.1. The Balaban J connectivity index is 2.34. The Morgan fingerprint density at radius 1 is 1.56 bits per heavy atom. The number of hydrogen-bond donors (Lipinski definition) is 1. The Morgan fingerprint density at radius 3 is 3.00 bits per heavy atom. The fourth-order valence-corrected chi connectivity index (χ4v) is 2.28. The highest BCUT2D eigenvalue weighted by atomic mass is 16.5. The van der Waals surface area contributed by atoms with Crippen molar-refractivity contribution in [2.24, 2.45) is 5.92 Å². The van der Waals surface area contributed by atoms with E-state index in [1.54, 1.807) is 0 Å². The van der Waals surface area contributed by atoms with E-state index < -0.39 is 11.9 Å². The summed E-state index contributed by atoms with van der Waals surface area (Å²) in [6.45, 7) is 2.50. The van der Waals surface area contributed by atoms with Gasteiger partial charge in [-0.2, -0.15) is 0 Å². The third kappa shape index (κ3) is 1.95. The molecule has 0 radical (unpaired) electrons. The van der Waals surface area contributed by atoms with E-state index in [0.717, 1.165) is 12.0 Å². The molecule has 0 saturated heterocycles. The molecule has 1 N–H and O–H groups in total. The minimum absolute atomic E-state index is 0.285. The van der Waals surface area contributed by atoms with Crippen LogP contribution in [0.4, 0.5) is 0 Å². The van der Waals surface area contributed by atoms with Gasteiger partial charge in [0.25, 0.3) is 0 Å². The van der Waals surface area contributed by atoms with Gasteiger partial charge in [-0.15, -0.1) is 0 Å². The van der Waals surface area contributed by atoms with Crippen molar-refractivity contribution in [1.29, 1.82) is 0 Å². The largest absolute Gasteiger partial charge is 0.481 e. The van der Waals surface area contributed by atoms with Crippen molar-refractivity contribution in [3.05, 3.63) is 35.4 Å². The molecule has 3 nitrogen and oxygen atoms in total. The zero-order chi connectivity index (χ0) is 11.5. The molecule has 2 rings (SSSR count). The van der Waals surface area contributed by atoms with E-state index in [1.807, 2.05) is 25.1 Å². The van der Waals surface area contributed by atoms with Crippen LogP contribution in [0.2, 0.25) is 0 Å². The number of rotatable bonds is 3. The fourth-order valence-electron chi connectivity index (χ4n) is 2.28. The van der Waals surface area contributed by atoms with Gasteiger partial charge in [0.1, 0.15) is 0 Å². The van der Waals surface area contributed by atoms with Gasteiger partial charge in [0, 0.05) is 0 Å². The minimum atomic E-state index is -0.774. The molecule has 0 aromatic heterocycles. The highest BCUT2D eigenvalue weighted by molar-refractivity contribution is 5.71.